The van der Waals surface area contributed by atoms with E-state index < -0.39 is 17.3 Å². The molecule has 1 saturated heterocycles. The first-order chi connectivity index (χ1) is 19.7. The van der Waals surface area contributed by atoms with Gasteiger partial charge in [0.15, 0.2) is 0 Å². The smallest absolute Gasteiger partial charge is 0.306 e. The molecule has 8 heteroatoms. The average molecular weight is 556 g/mol. The van der Waals surface area contributed by atoms with E-state index in [0.29, 0.717) is 49.0 Å². The highest BCUT2D eigenvalue weighted by atomic mass is 19.1. The molecule has 3 aromatic carbocycles. The van der Waals surface area contributed by atoms with Gasteiger partial charge >= 0.3 is 5.97 Å². The number of nitrogens with zero attached hydrogens (tertiary/aromatic N) is 2. The van der Waals surface area contributed by atoms with Gasteiger partial charge in [0.05, 0.1) is 23.1 Å². The second-order valence-corrected chi connectivity index (χ2v) is 11.0. The van der Waals surface area contributed by atoms with Crippen LogP contribution in [0, 0.1) is 23.1 Å². The fourth-order valence-electron chi connectivity index (χ4n) is 5.23. The predicted octanol–water partition coefficient (Wildman–Crippen LogP) is 5.36. The van der Waals surface area contributed by atoms with Crippen molar-refractivity contribution < 1.29 is 23.5 Å². The van der Waals surface area contributed by atoms with Gasteiger partial charge in [0.2, 0.25) is 5.91 Å². The average Bonchev–Trinajstić information content (AvgIpc) is 2.97. The Balaban J connectivity index is 1.41. The van der Waals surface area contributed by atoms with E-state index in [1.165, 1.54) is 12.1 Å². The number of nitrogens with one attached hydrogen (secondary N) is 1. The Hall–Kier alpha value is -4.51. The third kappa shape index (κ3) is 7.79. The number of nitriles is 1. The molecule has 0 aromatic heterocycles. The Kier molecular flexibility index (Phi) is 9.51. The SMILES string of the molecule is CC(C)(NC(=O)c1ccc(C#N)cc1)C(C(=O)N1CCC(CC(=O)OCc2ccccc2)CC1)c1ccc(F)cc1. The van der Waals surface area contributed by atoms with Crippen LogP contribution in [0.25, 0.3) is 0 Å². The summed E-state index contributed by atoms with van der Waals surface area (Å²) in [5.74, 6) is -1.90. The van der Waals surface area contributed by atoms with Crippen LogP contribution in [0.15, 0.2) is 78.9 Å². The topological polar surface area (TPSA) is 99.5 Å². The third-order valence-electron chi connectivity index (χ3n) is 7.51. The van der Waals surface area contributed by atoms with E-state index in [9.17, 15) is 18.8 Å². The maximum absolute atomic E-state index is 14.0. The fraction of sp³-hybridized carbons (Fsp3) is 0.333. The van der Waals surface area contributed by atoms with Crippen LogP contribution in [0.4, 0.5) is 4.39 Å². The summed E-state index contributed by atoms with van der Waals surface area (Å²) < 4.78 is 19.2. The molecule has 7 nitrogen and oxygen atoms in total. The molecule has 1 aliphatic heterocycles. The molecule has 41 heavy (non-hydrogen) atoms. The minimum atomic E-state index is -1.03. The normalized spacial score (nSPS) is 14.5. The summed E-state index contributed by atoms with van der Waals surface area (Å²) >= 11 is 0. The molecule has 0 radical (unpaired) electrons. The maximum Gasteiger partial charge on any atom is 0.306 e. The molecular formula is C33H34FN3O4. The summed E-state index contributed by atoms with van der Waals surface area (Å²) in [6, 6.07) is 23.6. The molecule has 2 amide bonds. The van der Waals surface area contributed by atoms with Crippen LogP contribution in [0.1, 0.15) is 66.1 Å². The summed E-state index contributed by atoms with van der Waals surface area (Å²) in [4.78, 5) is 41.3. The molecule has 0 saturated carbocycles. The highest BCUT2D eigenvalue weighted by Crippen LogP contribution is 2.33. The highest BCUT2D eigenvalue weighted by Gasteiger charge is 2.41. The number of carbonyl (C=O) groups excluding carboxylic acids is 3. The van der Waals surface area contributed by atoms with Crippen LogP contribution in [0.2, 0.25) is 0 Å². The van der Waals surface area contributed by atoms with Crippen molar-refractivity contribution in [1.82, 2.24) is 10.2 Å². The van der Waals surface area contributed by atoms with Gasteiger partial charge in [-0.25, -0.2) is 4.39 Å². The number of hydrogen-bond donors (Lipinski definition) is 1. The van der Waals surface area contributed by atoms with Crippen LogP contribution in [0.5, 0.6) is 0 Å². The van der Waals surface area contributed by atoms with Gasteiger partial charge in [-0.15, -0.1) is 0 Å². The summed E-state index contributed by atoms with van der Waals surface area (Å²) in [5, 5.41) is 12.0. The van der Waals surface area contributed by atoms with Crippen LogP contribution in [-0.4, -0.2) is 41.3 Å². The Morgan fingerprint density at radius 2 is 1.63 bits per heavy atom. The zero-order valence-electron chi connectivity index (χ0n) is 23.3. The van der Waals surface area contributed by atoms with Crippen molar-refractivity contribution in [3.05, 3.63) is 107 Å². The molecular weight excluding hydrogens is 521 g/mol. The van der Waals surface area contributed by atoms with Gasteiger partial charge in [-0.1, -0.05) is 42.5 Å². The largest absolute Gasteiger partial charge is 0.461 e. The lowest BCUT2D eigenvalue weighted by atomic mass is 9.79. The molecule has 4 rings (SSSR count). The Morgan fingerprint density at radius 3 is 2.24 bits per heavy atom. The van der Waals surface area contributed by atoms with Gasteiger partial charge < -0.3 is 15.0 Å². The lowest BCUT2D eigenvalue weighted by molar-refractivity contribution is -0.146. The molecule has 1 N–H and O–H groups in total. The number of likely N-dealkylation sites (tertiary alicyclic amines) is 1. The zero-order chi connectivity index (χ0) is 29.4. The summed E-state index contributed by atoms with van der Waals surface area (Å²) in [5.41, 5.74) is 1.29. The number of hydrogen-bond acceptors (Lipinski definition) is 5. The number of benzene rings is 3. The highest BCUT2D eigenvalue weighted by molar-refractivity contribution is 5.96. The van der Waals surface area contributed by atoms with E-state index >= 15 is 0 Å². The van der Waals surface area contributed by atoms with Crippen LogP contribution in [-0.2, 0) is 20.9 Å². The maximum atomic E-state index is 14.0. The van der Waals surface area contributed by atoms with Crippen molar-refractivity contribution in [1.29, 1.82) is 5.26 Å². The molecule has 3 aromatic rings. The molecule has 0 bridgehead atoms. The molecule has 1 fully saturated rings. The molecule has 1 atom stereocenters. The third-order valence-corrected chi connectivity index (χ3v) is 7.51. The second kappa shape index (κ2) is 13.2. The Morgan fingerprint density at radius 1 is 1.00 bits per heavy atom. The van der Waals surface area contributed by atoms with Crippen molar-refractivity contribution in [3.8, 4) is 6.07 Å². The number of amides is 2. The molecule has 212 valence electrons. The summed E-state index contributed by atoms with van der Waals surface area (Å²) in [6.45, 7) is 4.71. The van der Waals surface area contributed by atoms with Gasteiger partial charge in [0.25, 0.3) is 5.91 Å². The first kappa shape index (κ1) is 29.5. The lowest BCUT2D eigenvalue weighted by Crippen LogP contribution is -2.54. The van der Waals surface area contributed by atoms with E-state index in [2.05, 4.69) is 5.32 Å². The molecule has 1 unspecified atom stereocenters. The van der Waals surface area contributed by atoms with E-state index in [0.717, 1.165) is 5.56 Å². The van der Waals surface area contributed by atoms with Crippen LogP contribution in [0.3, 0.4) is 0 Å². The lowest BCUT2D eigenvalue weighted by Gasteiger charge is -2.40. The summed E-state index contributed by atoms with van der Waals surface area (Å²) in [7, 11) is 0. The Bertz CT molecular complexity index is 1390. The monoisotopic (exact) mass is 555 g/mol. The van der Waals surface area contributed by atoms with Crippen molar-refractivity contribution >= 4 is 17.8 Å². The molecule has 1 heterocycles. The van der Waals surface area contributed by atoms with Crippen LogP contribution < -0.4 is 5.32 Å². The zero-order valence-corrected chi connectivity index (χ0v) is 23.3. The number of piperidine rings is 1. The van der Waals surface area contributed by atoms with E-state index in [1.807, 2.05) is 36.4 Å². The van der Waals surface area contributed by atoms with E-state index in [-0.39, 0.29) is 30.3 Å². The van der Waals surface area contributed by atoms with Crippen molar-refractivity contribution in [2.45, 2.75) is 51.2 Å². The minimum Gasteiger partial charge on any atom is -0.461 e. The van der Waals surface area contributed by atoms with E-state index in [1.54, 1.807) is 55.1 Å². The van der Waals surface area contributed by atoms with Gasteiger partial charge in [0, 0.05) is 25.1 Å². The number of esters is 1. The standard InChI is InChI=1S/C33H34FN3O4/c1-33(2,36-31(39)27-10-8-24(21-35)9-11-27)30(26-12-14-28(34)15-13-26)32(40)37-18-16-23(17-19-37)20-29(38)41-22-25-6-4-3-5-7-25/h3-15,23,30H,16-20,22H2,1-2H3,(H,36,39). The first-order valence-corrected chi connectivity index (χ1v) is 13.7. The summed E-state index contributed by atoms with van der Waals surface area (Å²) in [6.07, 6.45) is 1.60. The van der Waals surface area contributed by atoms with Gasteiger partial charge in [-0.3, -0.25) is 14.4 Å². The number of halogens is 1. The van der Waals surface area contributed by atoms with Crippen molar-refractivity contribution in [3.63, 3.8) is 0 Å². The van der Waals surface area contributed by atoms with Crippen molar-refractivity contribution in [2.75, 3.05) is 13.1 Å². The first-order valence-electron chi connectivity index (χ1n) is 13.7. The molecule has 1 aliphatic rings. The quantitative estimate of drug-likeness (QED) is 0.358. The van der Waals surface area contributed by atoms with Gasteiger partial charge in [-0.2, -0.15) is 5.26 Å². The van der Waals surface area contributed by atoms with Gasteiger partial charge in [0.1, 0.15) is 12.4 Å². The van der Waals surface area contributed by atoms with Crippen molar-refractivity contribution in [2.24, 2.45) is 5.92 Å². The second-order valence-electron chi connectivity index (χ2n) is 11.0. The number of carbonyl (C=O) groups is 3. The van der Waals surface area contributed by atoms with Gasteiger partial charge in [-0.05, 0) is 80.1 Å². The molecule has 0 spiro atoms. The number of ether oxygens (including phenoxy) is 1. The van der Waals surface area contributed by atoms with E-state index in [4.69, 9.17) is 10.00 Å². The fourth-order valence-corrected chi connectivity index (χ4v) is 5.23. The minimum absolute atomic E-state index is 0.107. The Labute approximate surface area is 239 Å². The van der Waals surface area contributed by atoms with Crippen LogP contribution >= 0.6 is 0 Å². The predicted molar refractivity (Wildman–Crippen MR) is 152 cm³/mol. The number of rotatable bonds is 9. The molecule has 0 aliphatic carbocycles.